The number of benzene rings is 1. The van der Waals surface area contributed by atoms with Crippen molar-refractivity contribution in [1.29, 1.82) is 0 Å². The third-order valence-corrected chi connectivity index (χ3v) is 4.32. The average Bonchev–Trinajstić information content (AvgIpc) is 3.01. The molecule has 0 fully saturated rings. The number of hydrogen-bond donors (Lipinski definition) is 3. The zero-order chi connectivity index (χ0) is 19.7. The lowest BCUT2D eigenvalue weighted by atomic mass is 10.1. The molecule has 2 aromatic heterocycles. The fraction of sp³-hybridized carbons (Fsp3) is 0.105. The van der Waals surface area contributed by atoms with E-state index in [2.05, 4.69) is 10.3 Å². The van der Waals surface area contributed by atoms with Crippen LogP contribution >= 0.6 is 11.6 Å². The summed E-state index contributed by atoms with van der Waals surface area (Å²) in [6, 6.07) is 8.43. The molecule has 0 saturated carbocycles. The van der Waals surface area contributed by atoms with Crippen LogP contribution in [0.4, 0.5) is 11.5 Å². The number of pyridine rings is 1. The molecular formula is C19H18ClN5O2. The first kappa shape index (κ1) is 18.5. The van der Waals surface area contributed by atoms with Gasteiger partial charge in [-0.2, -0.15) is 0 Å². The number of aromatic nitrogens is 2. The lowest BCUT2D eigenvalue weighted by Crippen LogP contribution is -2.15. The van der Waals surface area contributed by atoms with Gasteiger partial charge in [0.05, 0.1) is 10.7 Å². The smallest absolute Gasteiger partial charge is 0.265 e. The molecule has 0 aliphatic carbocycles. The minimum Gasteiger partial charge on any atom is -0.399 e. The predicted octanol–water partition coefficient (Wildman–Crippen LogP) is 3.14. The van der Waals surface area contributed by atoms with Crippen molar-refractivity contribution in [2.24, 2.45) is 5.73 Å². The standard InChI is InChI=1S/C19H18ClN5O2/c1-10-8-23-18(24-11(2)26)7-14(10)12-5-17(19(22)27)25(9-12)16-4-3-13(21)6-15(16)20/h3-9H,21H2,1-2H3,(H2,22,27)(H,23,24,26). The summed E-state index contributed by atoms with van der Waals surface area (Å²) in [7, 11) is 0. The molecule has 3 aromatic rings. The zero-order valence-corrected chi connectivity index (χ0v) is 15.5. The molecule has 8 heteroatoms. The van der Waals surface area contributed by atoms with Crippen LogP contribution in [-0.4, -0.2) is 21.4 Å². The highest BCUT2D eigenvalue weighted by atomic mass is 35.5. The molecule has 2 heterocycles. The highest BCUT2D eigenvalue weighted by Gasteiger charge is 2.17. The number of primary amides is 1. The van der Waals surface area contributed by atoms with Gasteiger partial charge in [-0.1, -0.05) is 11.6 Å². The van der Waals surface area contributed by atoms with Crippen molar-refractivity contribution in [2.45, 2.75) is 13.8 Å². The molecule has 0 aliphatic heterocycles. The number of carbonyl (C=O) groups is 2. The number of aryl methyl sites for hydroxylation is 1. The van der Waals surface area contributed by atoms with Crippen LogP contribution in [0.25, 0.3) is 16.8 Å². The number of nitrogen functional groups attached to an aromatic ring is 1. The Bertz CT molecular complexity index is 1060. The summed E-state index contributed by atoms with van der Waals surface area (Å²) in [5.74, 6) is -0.397. The van der Waals surface area contributed by atoms with Gasteiger partial charge in [0.25, 0.3) is 5.91 Å². The number of nitrogens with zero attached hydrogens (tertiary/aromatic N) is 2. The van der Waals surface area contributed by atoms with E-state index in [9.17, 15) is 9.59 Å². The third kappa shape index (κ3) is 3.78. The summed E-state index contributed by atoms with van der Waals surface area (Å²) in [6.45, 7) is 3.29. The molecule has 5 N–H and O–H groups in total. The Morgan fingerprint density at radius 1 is 1.22 bits per heavy atom. The van der Waals surface area contributed by atoms with Crippen molar-refractivity contribution in [2.75, 3.05) is 11.1 Å². The first-order valence-corrected chi connectivity index (χ1v) is 8.46. The topological polar surface area (TPSA) is 116 Å². The molecule has 138 valence electrons. The number of rotatable bonds is 4. The molecular weight excluding hydrogens is 366 g/mol. The van der Waals surface area contributed by atoms with Crippen molar-refractivity contribution in [3.05, 3.63) is 59.0 Å². The van der Waals surface area contributed by atoms with E-state index in [4.69, 9.17) is 23.1 Å². The van der Waals surface area contributed by atoms with Crippen LogP contribution in [-0.2, 0) is 4.79 Å². The maximum absolute atomic E-state index is 12.0. The molecule has 27 heavy (non-hydrogen) atoms. The number of amides is 2. The zero-order valence-electron chi connectivity index (χ0n) is 14.8. The summed E-state index contributed by atoms with van der Waals surface area (Å²) in [5, 5.41) is 3.04. The van der Waals surface area contributed by atoms with Crippen LogP contribution in [0.1, 0.15) is 23.0 Å². The van der Waals surface area contributed by atoms with E-state index in [1.54, 1.807) is 47.3 Å². The largest absolute Gasteiger partial charge is 0.399 e. The Kier molecular flexibility index (Phi) is 4.87. The Morgan fingerprint density at radius 2 is 1.96 bits per heavy atom. The summed E-state index contributed by atoms with van der Waals surface area (Å²) in [6.07, 6.45) is 3.41. The summed E-state index contributed by atoms with van der Waals surface area (Å²) in [4.78, 5) is 27.5. The lowest BCUT2D eigenvalue weighted by Gasteiger charge is -2.10. The SMILES string of the molecule is CC(=O)Nc1cc(-c2cc(C(N)=O)n(-c3ccc(N)cc3Cl)c2)c(C)cn1. The fourth-order valence-corrected chi connectivity index (χ4v) is 3.08. The van der Waals surface area contributed by atoms with Gasteiger partial charge in [-0.05, 0) is 48.4 Å². The van der Waals surface area contributed by atoms with E-state index >= 15 is 0 Å². The van der Waals surface area contributed by atoms with Crippen LogP contribution in [0.2, 0.25) is 5.02 Å². The second kappa shape index (κ2) is 7.13. The Balaban J connectivity index is 2.16. The van der Waals surface area contributed by atoms with E-state index in [-0.39, 0.29) is 11.6 Å². The van der Waals surface area contributed by atoms with Gasteiger partial charge in [-0.25, -0.2) is 4.98 Å². The molecule has 0 saturated heterocycles. The first-order valence-electron chi connectivity index (χ1n) is 8.08. The molecule has 0 atom stereocenters. The summed E-state index contributed by atoms with van der Waals surface area (Å²) >= 11 is 6.30. The van der Waals surface area contributed by atoms with Crippen molar-refractivity contribution in [3.8, 4) is 16.8 Å². The van der Waals surface area contributed by atoms with Gasteiger partial charge in [-0.3, -0.25) is 9.59 Å². The van der Waals surface area contributed by atoms with E-state index in [1.165, 1.54) is 6.92 Å². The molecule has 2 amide bonds. The van der Waals surface area contributed by atoms with Crippen LogP contribution in [0.15, 0.2) is 42.7 Å². The molecule has 0 aliphatic rings. The Hall–Kier alpha value is -3.32. The maximum Gasteiger partial charge on any atom is 0.265 e. The van der Waals surface area contributed by atoms with Crippen molar-refractivity contribution < 1.29 is 9.59 Å². The maximum atomic E-state index is 12.0. The lowest BCUT2D eigenvalue weighted by molar-refractivity contribution is -0.114. The second-order valence-corrected chi connectivity index (χ2v) is 6.53. The highest BCUT2D eigenvalue weighted by Crippen LogP contribution is 2.31. The van der Waals surface area contributed by atoms with E-state index in [0.717, 1.165) is 16.7 Å². The van der Waals surface area contributed by atoms with Crippen LogP contribution in [0, 0.1) is 6.92 Å². The number of anilines is 2. The van der Waals surface area contributed by atoms with Crippen LogP contribution in [0.5, 0.6) is 0 Å². The Labute approximate surface area is 161 Å². The molecule has 0 spiro atoms. The molecule has 3 rings (SSSR count). The van der Waals surface area contributed by atoms with Gasteiger partial charge >= 0.3 is 0 Å². The number of hydrogen-bond acceptors (Lipinski definition) is 4. The van der Waals surface area contributed by atoms with Gasteiger partial charge in [-0.15, -0.1) is 0 Å². The van der Waals surface area contributed by atoms with Gasteiger partial charge in [0.15, 0.2) is 0 Å². The average molecular weight is 384 g/mol. The van der Waals surface area contributed by atoms with Crippen molar-refractivity contribution >= 4 is 34.9 Å². The Morgan fingerprint density at radius 3 is 2.59 bits per heavy atom. The number of halogens is 1. The monoisotopic (exact) mass is 383 g/mol. The molecule has 7 nitrogen and oxygen atoms in total. The predicted molar refractivity (Wildman–Crippen MR) is 106 cm³/mol. The van der Waals surface area contributed by atoms with Crippen molar-refractivity contribution in [3.63, 3.8) is 0 Å². The van der Waals surface area contributed by atoms with Crippen molar-refractivity contribution in [1.82, 2.24) is 9.55 Å². The fourth-order valence-electron chi connectivity index (χ4n) is 2.80. The molecule has 0 unspecified atom stereocenters. The normalized spacial score (nSPS) is 10.6. The number of carbonyl (C=O) groups excluding carboxylic acids is 2. The van der Waals surface area contributed by atoms with Gasteiger partial charge in [0, 0.05) is 30.6 Å². The van der Waals surface area contributed by atoms with Crippen LogP contribution < -0.4 is 16.8 Å². The molecule has 0 radical (unpaired) electrons. The minimum absolute atomic E-state index is 0.221. The minimum atomic E-state index is -0.595. The van der Waals surface area contributed by atoms with Gasteiger partial charge in [0.1, 0.15) is 11.5 Å². The van der Waals surface area contributed by atoms with Gasteiger partial charge < -0.3 is 21.4 Å². The molecule has 1 aromatic carbocycles. The number of nitrogens with two attached hydrogens (primary N) is 2. The van der Waals surface area contributed by atoms with E-state index in [1.807, 2.05) is 6.92 Å². The molecule has 0 bridgehead atoms. The van der Waals surface area contributed by atoms with Crippen LogP contribution in [0.3, 0.4) is 0 Å². The number of nitrogens with one attached hydrogen (secondary N) is 1. The highest BCUT2D eigenvalue weighted by molar-refractivity contribution is 6.32. The second-order valence-electron chi connectivity index (χ2n) is 6.12. The quantitative estimate of drug-likeness (QED) is 0.600. The first-order chi connectivity index (χ1) is 12.8. The third-order valence-electron chi connectivity index (χ3n) is 4.02. The van der Waals surface area contributed by atoms with Gasteiger partial charge in [0.2, 0.25) is 5.91 Å². The van der Waals surface area contributed by atoms with E-state index in [0.29, 0.717) is 22.2 Å². The summed E-state index contributed by atoms with van der Waals surface area (Å²) < 4.78 is 1.62. The summed E-state index contributed by atoms with van der Waals surface area (Å²) in [5.41, 5.74) is 15.1. The van der Waals surface area contributed by atoms with E-state index < -0.39 is 5.91 Å².